The van der Waals surface area contributed by atoms with Crippen LogP contribution < -0.4 is 5.32 Å². The maximum atomic E-state index is 10.4. The van der Waals surface area contributed by atoms with Crippen molar-refractivity contribution in [2.45, 2.75) is 45.4 Å². The number of benzene rings is 2. The minimum atomic E-state index is -0.978. The van der Waals surface area contributed by atoms with Crippen molar-refractivity contribution in [3.63, 3.8) is 0 Å². The maximum absolute atomic E-state index is 10.4. The highest BCUT2D eigenvalue weighted by Gasteiger charge is 2.36. The van der Waals surface area contributed by atoms with E-state index >= 15 is 0 Å². The molecule has 1 aromatic heterocycles. The Morgan fingerprint density at radius 3 is 2.50 bits per heavy atom. The van der Waals surface area contributed by atoms with E-state index in [0.717, 1.165) is 33.3 Å². The van der Waals surface area contributed by atoms with Crippen molar-refractivity contribution in [1.29, 1.82) is 0 Å². The predicted molar refractivity (Wildman–Crippen MR) is 114 cm³/mol. The number of hydrogen-bond acceptors (Lipinski definition) is 4. The number of nitrogens with one attached hydrogen (secondary N) is 1. The molecule has 1 aliphatic heterocycles. The number of fused-ring (bicyclic) bond motifs is 3. The molecule has 0 aliphatic carbocycles. The highest BCUT2D eigenvalue weighted by molar-refractivity contribution is 6.56. The highest BCUT2D eigenvalue weighted by Crippen LogP contribution is 2.36. The number of furan rings is 1. The van der Waals surface area contributed by atoms with Crippen LogP contribution >= 0.6 is 0 Å². The lowest BCUT2D eigenvalue weighted by molar-refractivity contribution is -0.0892. The average molecular weight is 374 g/mol. The van der Waals surface area contributed by atoms with E-state index < -0.39 is 11.2 Å². The van der Waals surface area contributed by atoms with E-state index in [-0.39, 0.29) is 0 Å². The molecule has 0 fully saturated rings. The zero-order chi connectivity index (χ0) is 19.9. The van der Waals surface area contributed by atoms with E-state index in [2.05, 4.69) is 29.6 Å². The second-order valence-corrected chi connectivity index (χ2v) is 8.26. The molecule has 28 heavy (non-hydrogen) atoms. The van der Waals surface area contributed by atoms with Gasteiger partial charge >= 0.3 is 7.48 Å². The van der Waals surface area contributed by atoms with Gasteiger partial charge in [0.25, 0.3) is 0 Å². The fourth-order valence-electron chi connectivity index (χ4n) is 3.17. The molecule has 1 radical (unpaired) electrons. The first-order valence-electron chi connectivity index (χ1n) is 9.54. The van der Waals surface area contributed by atoms with Crippen LogP contribution in [0.15, 0.2) is 59.1 Å². The molecule has 143 valence electrons. The van der Waals surface area contributed by atoms with E-state index in [0.29, 0.717) is 6.54 Å². The summed E-state index contributed by atoms with van der Waals surface area (Å²) in [4.78, 5) is 0. The van der Waals surface area contributed by atoms with E-state index in [1.807, 2.05) is 44.3 Å². The molecule has 4 rings (SSSR count). The molecule has 0 spiro atoms. The van der Waals surface area contributed by atoms with Crippen LogP contribution in [0.4, 0.5) is 0 Å². The first-order valence-corrected chi connectivity index (χ1v) is 9.54. The van der Waals surface area contributed by atoms with E-state index in [9.17, 15) is 5.11 Å². The quantitative estimate of drug-likeness (QED) is 0.637. The third-order valence-electron chi connectivity index (χ3n) is 5.63. The van der Waals surface area contributed by atoms with Crippen LogP contribution in [0.5, 0.6) is 0 Å². The van der Waals surface area contributed by atoms with E-state index in [4.69, 9.17) is 9.07 Å². The Kier molecular flexibility index (Phi) is 4.60. The fraction of sp³-hybridized carbons (Fsp3) is 0.304. The molecule has 4 nitrogen and oxygen atoms in total. The van der Waals surface area contributed by atoms with E-state index in [1.54, 1.807) is 21.3 Å². The van der Waals surface area contributed by atoms with Gasteiger partial charge in [-0.05, 0) is 62.6 Å². The standard InChI is InChI=1S/C23H25BNO3/c1-22(2,26)23(3,4)28-24-18-13-25-14-20-21(18)17-12-16(10-11-19(17)27-20)15-8-6-5-7-9-15/h5-13,25-26H,14H2,1-4H3. The van der Waals surface area contributed by atoms with Crippen molar-refractivity contribution in [2.24, 2.45) is 0 Å². The summed E-state index contributed by atoms with van der Waals surface area (Å²) in [6.07, 6.45) is 1.94. The Hall–Kier alpha value is -2.50. The summed E-state index contributed by atoms with van der Waals surface area (Å²) in [6, 6.07) is 16.6. The van der Waals surface area contributed by atoms with Crippen LogP contribution in [0.1, 0.15) is 39.0 Å². The molecule has 5 heteroatoms. The van der Waals surface area contributed by atoms with Crippen LogP contribution in [0, 0.1) is 0 Å². The Balaban J connectivity index is 1.71. The van der Waals surface area contributed by atoms with Crippen molar-refractivity contribution < 1.29 is 14.2 Å². The monoisotopic (exact) mass is 374 g/mol. The van der Waals surface area contributed by atoms with E-state index in [1.165, 1.54) is 5.56 Å². The predicted octanol–water partition coefficient (Wildman–Crippen LogP) is 4.69. The molecule has 1 aliphatic rings. The Morgan fingerprint density at radius 2 is 1.79 bits per heavy atom. The number of rotatable bonds is 5. The molecule has 0 saturated heterocycles. The van der Waals surface area contributed by atoms with Gasteiger partial charge in [0, 0.05) is 10.9 Å². The summed E-state index contributed by atoms with van der Waals surface area (Å²) in [7, 11) is 1.72. The van der Waals surface area contributed by atoms with Crippen molar-refractivity contribution in [1.82, 2.24) is 5.32 Å². The lowest BCUT2D eigenvalue weighted by Crippen LogP contribution is -2.48. The van der Waals surface area contributed by atoms with Gasteiger partial charge in [0.2, 0.25) is 0 Å². The molecule has 3 aromatic rings. The molecule has 0 bridgehead atoms. The lowest BCUT2D eigenvalue weighted by atomic mass is 9.77. The van der Waals surface area contributed by atoms with Gasteiger partial charge in [-0.1, -0.05) is 36.4 Å². The van der Waals surface area contributed by atoms with Crippen molar-refractivity contribution in [2.75, 3.05) is 0 Å². The van der Waals surface area contributed by atoms with Crippen LogP contribution in [0.25, 0.3) is 27.6 Å². The van der Waals surface area contributed by atoms with Gasteiger partial charge in [-0.25, -0.2) is 0 Å². The smallest absolute Gasteiger partial charge is 0.333 e. The van der Waals surface area contributed by atoms with Crippen molar-refractivity contribution in [3.8, 4) is 11.1 Å². The minimum absolute atomic E-state index is 0.636. The highest BCUT2D eigenvalue weighted by atomic mass is 16.5. The number of aliphatic hydroxyl groups is 1. The molecule has 2 N–H and O–H groups in total. The van der Waals surface area contributed by atoms with Crippen molar-refractivity contribution >= 4 is 23.9 Å². The summed E-state index contributed by atoms with van der Waals surface area (Å²) in [6.45, 7) is 7.89. The third-order valence-corrected chi connectivity index (χ3v) is 5.63. The minimum Gasteiger partial charge on any atom is -0.459 e. The second kappa shape index (κ2) is 6.84. The SMILES string of the molecule is CC(C)(O)C(C)(C)O[B]C1=CNCc2oc3ccc(-c4ccccc4)cc3c21. The summed E-state index contributed by atoms with van der Waals surface area (Å²) in [5.74, 6) is 0.888. The molecule has 2 aromatic carbocycles. The average Bonchev–Trinajstić information content (AvgIpc) is 3.04. The van der Waals surface area contributed by atoms with Crippen LogP contribution in [0.3, 0.4) is 0 Å². The zero-order valence-corrected chi connectivity index (χ0v) is 16.7. The fourth-order valence-corrected chi connectivity index (χ4v) is 3.17. The molecular formula is C23H25BNO3. The van der Waals surface area contributed by atoms with Crippen LogP contribution in [-0.2, 0) is 11.2 Å². The van der Waals surface area contributed by atoms with Gasteiger partial charge in [0.05, 0.1) is 17.7 Å². The van der Waals surface area contributed by atoms with Crippen LogP contribution in [-0.4, -0.2) is 23.8 Å². The largest absolute Gasteiger partial charge is 0.459 e. The van der Waals surface area contributed by atoms with Crippen LogP contribution in [0.2, 0.25) is 0 Å². The van der Waals surface area contributed by atoms with Gasteiger partial charge < -0.3 is 19.5 Å². The van der Waals surface area contributed by atoms with Gasteiger partial charge in [-0.2, -0.15) is 0 Å². The third kappa shape index (κ3) is 3.36. The summed E-state index contributed by atoms with van der Waals surface area (Å²) < 4.78 is 12.1. The molecular weight excluding hydrogens is 349 g/mol. The van der Waals surface area contributed by atoms with Gasteiger partial charge in [0.15, 0.2) is 0 Å². The summed E-state index contributed by atoms with van der Waals surface area (Å²) in [5.41, 5.74) is 3.40. The summed E-state index contributed by atoms with van der Waals surface area (Å²) >= 11 is 0. The molecule has 0 unspecified atom stereocenters. The van der Waals surface area contributed by atoms with Gasteiger partial charge in [0.1, 0.15) is 11.3 Å². The zero-order valence-electron chi connectivity index (χ0n) is 16.7. The molecule has 0 atom stereocenters. The normalized spacial score (nSPS) is 14.4. The summed E-state index contributed by atoms with van der Waals surface area (Å²) in [5, 5.41) is 14.7. The van der Waals surface area contributed by atoms with Gasteiger partial charge in [-0.3, -0.25) is 0 Å². The molecule has 2 heterocycles. The Bertz CT molecular complexity index is 1030. The topological polar surface area (TPSA) is 54.6 Å². The first kappa shape index (κ1) is 18.8. The number of hydrogen-bond donors (Lipinski definition) is 2. The van der Waals surface area contributed by atoms with Gasteiger partial charge in [-0.15, -0.1) is 0 Å². The van der Waals surface area contributed by atoms with Crippen molar-refractivity contribution in [3.05, 3.63) is 66.1 Å². The lowest BCUT2D eigenvalue weighted by Gasteiger charge is -2.37. The Morgan fingerprint density at radius 1 is 1.04 bits per heavy atom. The molecule has 0 saturated carbocycles. The Labute approximate surface area is 166 Å². The molecule has 0 amide bonds. The maximum Gasteiger partial charge on any atom is 0.333 e. The first-order chi connectivity index (χ1) is 13.3. The second-order valence-electron chi connectivity index (χ2n) is 8.26.